The number of rotatable bonds is 5. The van der Waals surface area contributed by atoms with Gasteiger partial charge in [-0.2, -0.15) is 0 Å². The maximum absolute atomic E-state index is 6.70. The summed E-state index contributed by atoms with van der Waals surface area (Å²) < 4.78 is 0. The van der Waals surface area contributed by atoms with E-state index in [-0.39, 0.29) is 0 Å². The second-order valence-electron chi connectivity index (χ2n) is 7.34. The Balaban J connectivity index is 2.28. The molecule has 0 spiro atoms. The first kappa shape index (κ1) is 19.9. The molecule has 0 aromatic heterocycles. The van der Waals surface area contributed by atoms with Crippen LogP contribution in [0.3, 0.4) is 0 Å². The van der Waals surface area contributed by atoms with Crippen molar-refractivity contribution >= 4 is 36.0 Å². The van der Waals surface area contributed by atoms with E-state index in [9.17, 15) is 0 Å². The highest BCUT2D eigenvalue weighted by Crippen LogP contribution is 2.14. The second kappa shape index (κ2) is 8.46. The van der Waals surface area contributed by atoms with Crippen LogP contribution in [0.15, 0.2) is 54.6 Å². The third-order valence-corrected chi connectivity index (χ3v) is 8.71. The number of benzene rings is 3. The van der Waals surface area contributed by atoms with Gasteiger partial charge in [-0.1, -0.05) is 84.4 Å². The van der Waals surface area contributed by atoms with Crippen molar-refractivity contribution in [2.75, 3.05) is 0 Å². The molecule has 1 radical (unpaired) electrons. The summed E-state index contributed by atoms with van der Waals surface area (Å²) >= 11 is 6.70. The molecule has 3 rings (SSSR count). The molecular weight excluding hydrogens is 364 g/mol. The molecule has 2 heteroatoms. The maximum atomic E-state index is 6.70. The number of hydrogen-bond acceptors (Lipinski definition) is 0. The van der Waals surface area contributed by atoms with Crippen LogP contribution in [0.25, 0.3) is 0 Å². The van der Waals surface area contributed by atoms with Crippen molar-refractivity contribution in [2.24, 2.45) is 0 Å². The molecule has 0 nitrogen and oxygen atoms in total. The molecule has 0 aliphatic heterocycles. The zero-order valence-corrected chi connectivity index (χ0v) is 18.7. The molecule has 0 amide bonds. The normalized spacial score (nSPS) is 11.2. The van der Waals surface area contributed by atoms with Gasteiger partial charge in [0.15, 0.2) is 8.80 Å². The fourth-order valence-electron chi connectivity index (χ4n) is 3.64. The van der Waals surface area contributed by atoms with E-state index in [0.29, 0.717) is 0 Å². The maximum Gasteiger partial charge on any atom is 0.156 e. The zero-order chi connectivity index (χ0) is 19.6. The third-order valence-electron chi connectivity index (χ3n) is 5.52. The number of aryl methyl sites for hydroxylation is 4. The van der Waals surface area contributed by atoms with Crippen molar-refractivity contribution in [1.82, 2.24) is 0 Å². The monoisotopic (exact) mass is 391 g/mol. The molecule has 27 heavy (non-hydrogen) atoms. The Labute approximate surface area is 170 Å². The molecular formula is C25H28ClSi. The van der Waals surface area contributed by atoms with Crippen molar-refractivity contribution in [2.45, 2.75) is 47.5 Å². The zero-order valence-electron chi connectivity index (χ0n) is 17.0. The van der Waals surface area contributed by atoms with Crippen molar-refractivity contribution < 1.29 is 0 Å². The van der Waals surface area contributed by atoms with Crippen LogP contribution in [0.5, 0.6) is 0 Å². The quantitative estimate of drug-likeness (QED) is 0.428. The van der Waals surface area contributed by atoms with Gasteiger partial charge >= 0.3 is 0 Å². The van der Waals surface area contributed by atoms with Crippen LogP contribution in [0, 0.1) is 20.8 Å². The molecule has 3 aromatic carbocycles. The van der Waals surface area contributed by atoms with Crippen molar-refractivity contribution in [3.63, 3.8) is 0 Å². The first-order chi connectivity index (χ1) is 12.9. The highest BCUT2D eigenvalue weighted by molar-refractivity contribution is 6.96. The molecule has 0 aliphatic rings. The van der Waals surface area contributed by atoms with Crippen molar-refractivity contribution in [1.29, 1.82) is 0 Å². The summed E-state index contributed by atoms with van der Waals surface area (Å²) in [6, 6.07) is 20.3. The van der Waals surface area contributed by atoms with E-state index in [1.54, 1.807) is 0 Å². The van der Waals surface area contributed by atoms with Crippen LogP contribution in [0.4, 0.5) is 0 Å². The summed E-state index contributed by atoms with van der Waals surface area (Å²) in [6.07, 6.45) is 2.12. The first-order valence-electron chi connectivity index (χ1n) is 9.77. The highest BCUT2D eigenvalue weighted by atomic mass is 35.5. The van der Waals surface area contributed by atoms with Crippen LogP contribution in [-0.4, -0.2) is 8.80 Å². The molecule has 0 bridgehead atoms. The third kappa shape index (κ3) is 4.20. The molecule has 0 atom stereocenters. The van der Waals surface area contributed by atoms with E-state index in [2.05, 4.69) is 77.1 Å². The van der Waals surface area contributed by atoms with Gasteiger partial charge in [0.05, 0.1) is 0 Å². The van der Waals surface area contributed by atoms with E-state index in [4.69, 9.17) is 11.6 Å². The van der Waals surface area contributed by atoms with Crippen LogP contribution in [0.2, 0.25) is 5.02 Å². The summed E-state index contributed by atoms with van der Waals surface area (Å²) in [5, 5.41) is 5.01. The van der Waals surface area contributed by atoms with E-state index in [1.807, 2.05) is 12.1 Å². The van der Waals surface area contributed by atoms with Crippen LogP contribution >= 0.6 is 11.6 Å². The van der Waals surface area contributed by atoms with Gasteiger partial charge in [0.25, 0.3) is 0 Å². The van der Waals surface area contributed by atoms with Gasteiger partial charge in [0, 0.05) is 5.02 Å². The predicted molar refractivity (Wildman–Crippen MR) is 122 cm³/mol. The SMILES string of the molecule is CCc1cc(CC)cc([Si](c2cc(C)c(C)c(C)c2)c2ccccc2Cl)c1. The smallest absolute Gasteiger partial charge is 0.0845 e. The molecule has 0 N–H and O–H groups in total. The minimum Gasteiger partial charge on any atom is -0.0845 e. The minimum atomic E-state index is -1.16. The molecule has 0 fully saturated rings. The fourth-order valence-corrected chi connectivity index (χ4v) is 6.98. The highest BCUT2D eigenvalue weighted by Gasteiger charge is 2.23. The van der Waals surface area contributed by atoms with Crippen LogP contribution in [0.1, 0.15) is 41.7 Å². The lowest BCUT2D eigenvalue weighted by atomic mass is 10.1. The first-order valence-corrected chi connectivity index (χ1v) is 11.7. The van der Waals surface area contributed by atoms with E-state index < -0.39 is 8.80 Å². The van der Waals surface area contributed by atoms with E-state index in [1.165, 1.54) is 43.4 Å². The summed E-state index contributed by atoms with van der Waals surface area (Å²) in [6.45, 7) is 11.1. The Kier molecular flexibility index (Phi) is 6.24. The topological polar surface area (TPSA) is 0 Å². The lowest BCUT2D eigenvalue weighted by Crippen LogP contribution is -2.53. The van der Waals surface area contributed by atoms with E-state index in [0.717, 1.165) is 17.9 Å². The summed E-state index contributed by atoms with van der Waals surface area (Å²) in [5.41, 5.74) is 6.94. The summed E-state index contributed by atoms with van der Waals surface area (Å²) in [7, 11) is -1.16. The molecule has 0 saturated heterocycles. The second-order valence-corrected chi connectivity index (χ2v) is 10.2. The molecule has 0 heterocycles. The molecule has 0 unspecified atom stereocenters. The van der Waals surface area contributed by atoms with Gasteiger partial charge in [-0.25, -0.2) is 0 Å². The largest absolute Gasteiger partial charge is 0.156 e. The lowest BCUT2D eigenvalue weighted by Gasteiger charge is -2.21. The van der Waals surface area contributed by atoms with Crippen molar-refractivity contribution in [3.8, 4) is 0 Å². The Morgan fingerprint density at radius 1 is 0.741 bits per heavy atom. The van der Waals surface area contributed by atoms with Gasteiger partial charge in [-0.3, -0.25) is 0 Å². The Bertz CT molecular complexity index is 913. The summed E-state index contributed by atoms with van der Waals surface area (Å²) in [4.78, 5) is 0. The van der Waals surface area contributed by atoms with Gasteiger partial charge < -0.3 is 0 Å². The fraction of sp³-hybridized carbons (Fsp3) is 0.280. The molecule has 0 saturated carbocycles. The molecule has 139 valence electrons. The van der Waals surface area contributed by atoms with Crippen LogP contribution < -0.4 is 15.6 Å². The standard InChI is InChI=1S/C25H28ClSi/c1-6-20-14-21(7-2)16-23(15-20)27(25-11-9-8-10-24(25)26)22-12-17(3)19(5)18(4)13-22/h8-16H,6-7H2,1-5H3. The van der Waals surface area contributed by atoms with Gasteiger partial charge in [0.1, 0.15) is 0 Å². The lowest BCUT2D eigenvalue weighted by molar-refractivity contribution is 1.09. The number of hydrogen-bond donors (Lipinski definition) is 0. The Morgan fingerprint density at radius 2 is 1.26 bits per heavy atom. The van der Waals surface area contributed by atoms with Crippen LogP contribution in [-0.2, 0) is 12.8 Å². The van der Waals surface area contributed by atoms with Gasteiger partial charge in [-0.05, 0) is 72.7 Å². The van der Waals surface area contributed by atoms with Gasteiger partial charge in [0.2, 0.25) is 0 Å². The average Bonchev–Trinajstić information content (AvgIpc) is 2.67. The van der Waals surface area contributed by atoms with Gasteiger partial charge in [-0.15, -0.1) is 0 Å². The number of halogens is 1. The Hall–Kier alpha value is -1.83. The molecule has 3 aromatic rings. The Morgan fingerprint density at radius 3 is 1.78 bits per heavy atom. The van der Waals surface area contributed by atoms with E-state index >= 15 is 0 Å². The average molecular weight is 392 g/mol. The summed E-state index contributed by atoms with van der Waals surface area (Å²) in [5.74, 6) is 0. The predicted octanol–water partition coefficient (Wildman–Crippen LogP) is 4.91. The minimum absolute atomic E-state index is 0.877. The molecule has 0 aliphatic carbocycles. The van der Waals surface area contributed by atoms with Crippen molar-refractivity contribution in [3.05, 3.63) is 87.4 Å².